The minimum atomic E-state index is -0.670. The first-order valence-electron chi connectivity index (χ1n) is 6.16. The van der Waals surface area contributed by atoms with Gasteiger partial charge >= 0.3 is 5.97 Å². The summed E-state index contributed by atoms with van der Waals surface area (Å²) >= 11 is 0. The molecule has 0 amide bonds. The lowest BCUT2D eigenvalue weighted by Crippen LogP contribution is -2.42. The fourth-order valence-electron chi connectivity index (χ4n) is 2.28. The van der Waals surface area contributed by atoms with E-state index in [0.717, 1.165) is 25.7 Å². The Kier molecular flexibility index (Phi) is 5.22. The average molecular weight is 229 g/mol. The van der Waals surface area contributed by atoms with Gasteiger partial charge in [0.25, 0.3) is 0 Å². The number of aliphatic hydroxyl groups is 1. The van der Waals surface area contributed by atoms with Gasteiger partial charge in [0.05, 0.1) is 12.0 Å². The van der Waals surface area contributed by atoms with Crippen LogP contribution in [0.25, 0.3) is 0 Å². The molecule has 4 heteroatoms. The monoisotopic (exact) mass is 229 g/mol. The van der Waals surface area contributed by atoms with Crippen LogP contribution in [0, 0.1) is 11.8 Å². The molecule has 1 aliphatic carbocycles. The van der Waals surface area contributed by atoms with Crippen molar-refractivity contribution in [2.24, 2.45) is 11.8 Å². The smallest absolute Gasteiger partial charge is 0.306 e. The van der Waals surface area contributed by atoms with Gasteiger partial charge in [-0.2, -0.15) is 0 Å². The van der Waals surface area contributed by atoms with Gasteiger partial charge in [-0.1, -0.05) is 12.8 Å². The zero-order valence-corrected chi connectivity index (χ0v) is 10.1. The van der Waals surface area contributed by atoms with Gasteiger partial charge in [-0.15, -0.1) is 0 Å². The maximum absolute atomic E-state index is 11.1. The van der Waals surface area contributed by atoms with Gasteiger partial charge in [0.1, 0.15) is 0 Å². The van der Waals surface area contributed by atoms with Crippen molar-refractivity contribution >= 4 is 5.97 Å². The van der Waals surface area contributed by atoms with Crippen LogP contribution >= 0.6 is 0 Å². The number of carboxylic acids is 1. The minimum absolute atomic E-state index is 0.0244. The average Bonchev–Trinajstić information content (AvgIpc) is 2.25. The third-order valence-electron chi connectivity index (χ3n) is 3.65. The van der Waals surface area contributed by atoms with E-state index in [-0.39, 0.29) is 17.9 Å². The number of aliphatic carboxylic acids is 1. The van der Waals surface area contributed by atoms with Crippen molar-refractivity contribution in [2.45, 2.75) is 51.7 Å². The molecule has 0 saturated heterocycles. The van der Waals surface area contributed by atoms with Gasteiger partial charge in [-0.25, -0.2) is 0 Å². The summed E-state index contributed by atoms with van der Waals surface area (Å²) in [6, 6.07) is 0.0244. The Bertz CT molecular complexity index is 230. The van der Waals surface area contributed by atoms with Crippen LogP contribution in [0.5, 0.6) is 0 Å². The molecule has 0 aliphatic heterocycles. The van der Waals surface area contributed by atoms with Crippen LogP contribution in [0.3, 0.4) is 0 Å². The molecule has 16 heavy (non-hydrogen) atoms. The number of carbonyl (C=O) groups is 1. The Morgan fingerprint density at radius 1 is 1.38 bits per heavy atom. The molecule has 4 atom stereocenters. The molecular formula is C12H23NO3. The minimum Gasteiger partial charge on any atom is -0.481 e. The Morgan fingerprint density at radius 2 is 2.00 bits per heavy atom. The Labute approximate surface area is 97.0 Å². The first-order valence-corrected chi connectivity index (χ1v) is 6.16. The van der Waals surface area contributed by atoms with Crippen molar-refractivity contribution in [1.29, 1.82) is 0 Å². The second kappa shape index (κ2) is 6.21. The van der Waals surface area contributed by atoms with Crippen LogP contribution in [0.15, 0.2) is 0 Å². The predicted octanol–water partition coefficient (Wildman–Crippen LogP) is 1.24. The SMILES string of the molecule is CC(O)C(C)NCC1CCCCC1C(=O)O. The quantitative estimate of drug-likeness (QED) is 0.663. The van der Waals surface area contributed by atoms with E-state index in [1.165, 1.54) is 0 Å². The molecule has 4 nitrogen and oxygen atoms in total. The highest BCUT2D eigenvalue weighted by Gasteiger charge is 2.30. The molecule has 0 aromatic heterocycles. The van der Waals surface area contributed by atoms with Gasteiger partial charge in [-0.05, 0) is 39.2 Å². The van der Waals surface area contributed by atoms with Crippen LogP contribution in [0.4, 0.5) is 0 Å². The number of rotatable bonds is 5. The standard InChI is InChI=1S/C12H23NO3/c1-8(9(2)14)13-7-10-5-3-4-6-11(10)12(15)16/h8-11,13-14H,3-7H2,1-2H3,(H,15,16). The fraction of sp³-hybridized carbons (Fsp3) is 0.917. The lowest BCUT2D eigenvalue weighted by Gasteiger charge is -2.30. The highest BCUT2D eigenvalue weighted by atomic mass is 16.4. The highest BCUT2D eigenvalue weighted by Crippen LogP contribution is 2.29. The summed E-state index contributed by atoms with van der Waals surface area (Å²) in [5.41, 5.74) is 0. The van der Waals surface area contributed by atoms with Crippen LogP contribution in [-0.4, -0.2) is 34.9 Å². The molecule has 1 fully saturated rings. The van der Waals surface area contributed by atoms with Crippen LogP contribution in [0.1, 0.15) is 39.5 Å². The highest BCUT2D eigenvalue weighted by molar-refractivity contribution is 5.70. The van der Waals surface area contributed by atoms with Gasteiger partial charge < -0.3 is 15.5 Å². The van der Waals surface area contributed by atoms with Crippen molar-refractivity contribution in [1.82, 2.24) is 5.32 Å². The molecule has 0 aromatic carbocycles. The summed E-state index contributed by atoms with van der Waals surface area (Å²) in [7, 11) is 0. The lowest BCUT2D eigenvalue weighted by molar-refractivity contribution is -0.144. The van der Waals surface area contributed by atoms with Gasteiger partial charge in [0, 0.05) is 6.04 Å². The van der Waals surface area contributed by atoms with Crippen LogP contribution in [-0.2, 0) is 4.79 Å². The lowest BCUT2D eigenvalue weighted by atomic mass is 9.79. The summed E-state index contributed by atoms with van der Waals surface area (Å²) in [5.74, 6) is -0.661. The predicted molar refractivity (Wildman–Crippen MR) is 62.2 cm³/mol. The van der Waals surface area contributed by atoms with Gasteiger partial charge in [0.15, 0.2) is 0 Å². The molecule has 94 valence electrons. The van der Waals surface area contributed by atoms with Crippen molar-refractivity contribution in [3.63, 3.8) is 0 Å². The summed E-state index contributed by atoms with van der Waals surface area (Å²) < 4.78 is 0. The third-order valence-corrected chi connectivity index (χ3v) is 3.65. The topological polar surface area (TPSA) is 69.6 Å². The van der Waals surface area contributed by atoms with Crippen molar-refractivity contribution < 1.29 is 15.0 Å². The molecule has 3 N–H and O–H groups in total. The van der Waals surface area contributed by atoms with E-state index >= 15 is 0 Å². The number of carboxylic acid groups (broad SMARTS) is 1. The molecule has 0 spiro atoms. The second-order valence-electron chi connectivity index (χ2n) is 4.93. The number of nitrogens with one attached hydrogen (secondary N) is 1. The van der Waals surface area contributed by atoms with E-state index in [0.29, 0.717) is 6.54 Å². The second-order valence-corrected chi connectivity index (χ2v) is 4.93. The number of hydrogen-bond donors (Lipinski definition) is 3. The zero-order chi connectivity index (χ0) is 12.1. The molecule has 1 aliphatic rings. The van der Waals surface area contributed by atoms with Gasteiger partial charge in [-0.3, -0.25) is 4.79 Å². The summed E-state index contributed by atoms with van der Waals surface area (Å²) in [6.45, 7) is 4.36. The Hall–Kier alpha value is -0.610. The van der Waals surface area contributed by atoms with Crippen molar-refractivity contribution in [3.8, 4) is 0 Å². The molecule has 0 bridgehead atoms. The molecule has 0 aromatic rings. The Morgan fingerprint density at radius 3 is 2.56 bits per heavy atom. The van der Waals surface area contributed by atoms with Crippen LogP contribution in [0.2, 0.25) is 0 Å². The first kappa shape index (κ1) is 13.5. The van der Waals surface area contributed by atoms with Crippen molar-refractivity contribution in [3.05, 3.63) is 0 Å². The normalized spacial score (nSPS) is 29.7. The van der Waals surface area contributed by atoms with E-state index in [9.17, 15) is 9.90 Å². The molecule has 4 unspecified atom stereocenters. The number of aliphatic hydroxyl groups excluding tert-OH is 1. The fourth-order valence-corrected chi connectivity index (χ4v) is 2.28. The van der Waals surface area contributed by atoms with E-state index in [1.807, 2.05) is 6.92 Å². The van der Waals surface area contributed by atoms with Crippen LogP contribution < -0.4 is 5.32 Å². The maximum Gasteiger partial charge on any atom is 0.306 e. The largest absolute Gasteiger partial charge is 0.481 e. The van der Waals surface area contributed by atoms with E-state index in [4.69, 9.17) is 5.11 Å². The zero-order valence-electron chi connectivity index (χ0n) is 10.1. The maximum atomic E-state index is 11.1. The molecule has 1 rings (SSSR count). The summed E-state index contributed by atoms with van der Waals surface area (Å²) in [6.07, 6.45) is 3.53. The summed E-state index contributed by atoms with van der Waals surface area (Å²) in [5, 5.41) is 21.7. The van der Waals surface area contributed by atoms with E-state index < -0.39 is 12.1 Å². The van der Waals surface area contributed by atoms with Crippen molar-refractivity contribution in [2.75, 3.05) is 6.54 Å². The molecule has 0 heterocycles. The first-order chi connectivity index (χ1) is 7.52. The molecule has 0 radical (unpaired) electrons. The Balaban J connectivity index is 2.41. The molecule has 1 saturated carbocycles. The van der Waals surface area contributed by atoms with Gasteiger partial charge in [0.2, 0.25) is 0 Å². The molecular weight excluding hydrogens is 206 g/mol. The number of hydrogen-bond acceptors (Lipinski definition) is 3. The van der Waals surface area contributed by atoms with E-state index in [1.54, 1.807) is 6.92 Å². The summed E-state index contributed by atoms with van der Waals surface area (Å²) in [4.78, 5) is 11.1. The third kappa shape index (κ3) is 3.76. The van der Waals surface area contributed by atoms with E-state index in [2.05, 4.69) is 5.32 Å².